The van der Waals surface area contributed by atoms with E-state index in [1.165, 1.54) is 6.07 Å². The quantitative estimate of drug-likeness (QED) is 0.700. The summed E-state index contributed by atoms with van der Waals surface area (Å²) in [6.45, 7) is 0.478. The van der Waals surface area contributed by atoms with Crippen molar-refractivity contribution in [2.75, 3.05) is 0 Å². The van der Waals surface area contributed by atoms with Crippen molar-refractivity contribution < 1.29 is 4.39 Å². The maximum Gasteiger partial charge on any atom is 0.128 e. The molecule has 3 aromatic rings. The summed E-state index contributed by atoms with van der Waals surface area (Å²) < 4.78 is 16.5. The van der Waals surface area contributed by atoms with Gasteiger partial charge in [-0.2, -0.15) is 0 Å². The van der Waals surface area contributed by atoms with Crippen LogP contribution in [0.5, 0.6) is 0 Å². The Morgan fingerprint density at radius 2 is 2.00 bits per heavy atom. The van der Waals surface area contributed by atoms with Gasteiger partial charge in [0.25, 0.3) is 0 Å². The molecule has 0 bridgehead atoms. The van der Waals surface area contributed by atoms with Crippen LogP contribution in [0.3, 0.4) is 0 Å². The summed E-state index contributed by atoms with van der Waals surface area (Å²) in [4.78, 5) is 4.30. The lowest BCUT2D eigenvalue weighted by molar-refractivity contribution is 0.601. The number of fused-ring (bicyclic) bond motifs is 1. The van der Waals surface area contributed by atoms with Crippen LogP contribution >= 0.6 is 15.9 Å². The molecular weight excluding hydrogens is 295 g/mol. The number of benzene rings is 2. The van der Waals surface area contributed by atoms with Crippen LogP contribution in [0.25, 0.3) is 11.0 Å². The molecule has 90 valence electrons. The molecule has 3 rings (SSSR count). The lowest BCUT2D eigenvalue weighted by Crippen LogP contribution is -2.00. The van der Waals surface area contributed by atoms with Gasteiger partial charge in [0.1, 0.15) is 5.82 Å². The lowest BCUT2D eigenvalue weighted by atomic mass is 10.2. The topological polar surface area (TPSA) is 17.8 Å². The van der Waals surface area contributed by atoms with Crippen LogP contribution in [0, 0.1) is 5.82 Å². The first kappa shape index (κ1) is 11.4. The van der Waals surface area contributed by atoms with Crippen LogP contribution in [0.4, 0.5) is 4.39 Å². The van der Waals surface area contributed by atoms with Gasteiger partial charge in [-0.3, -0.25) is 0 Å². The van der Waals surface area contributed by atoms with E-state index in [4.69, 9.17) is 0 Å². The summed E-state index contributed by atoms with van der Waals surface area (Å²) in [6.07, 6.45) is 1.74. The van der Waals surface area contributed by atoms with Gasteiger partial charge >= 0.3 is 0 Å². The lowest BCUT2D eigenvalue weighted by Gasteiger charge is -2.06. The number of nitrogens with zero attached hydrogens (tertiary/aromatic N) is 2. The molecule has 0 aliphatic rings. The maximum absolute atomic E-state index is 13.7. The fraction of sp³-hybridized carbons (Fsp3) is 0.0714. The number of para-hydroxylation sites is 2. The Morgan fingerprint density at radius 3 is 2.89 bits per heavy atom. The maximum atomic E-state index is 13.7. The van der Waals surface area contributed by atoms with Crippen LogP contribution in [-0.4, -0.2) is 9.55 Å². The van der Waals surface area contributed by atoms with Crippen molar-refractivity contribution in [2.24, 2.45) is 0 Å². The summed E-state index contributed by atoms with van der Waals surface area (Å²) in [7, 11) is 0. The second-order valence-corrected chi connectivity index (χ2v) is 5.01. The van der Waals surface area contributed by atoms with Crippen LogP contribution in [0.15, 0.2) is 53.3 Å². The predicted octanol–water partition coefficient (Wildman–Crippen LogP) is 3.99. The molecule has 0 aliphatic heterocycles. The van der Waals surface area contributed by atoms with E-state index in [9.17, 15) is 4.39 Å². The smallest absolute Gasteiger partial charge is 0.128 e. The number of imidazole rings is 1. The highest BCUT2D eigenvalue weighted by atomic mass is 79.9. The molecule has 0 radical (unpaired) electrons. The molecule has 0 amide bonds. The zero-order chi connectivity index (χ0) is 12.5. The molecule has 0 N–H and O–H groups in total. The van der Waals surface area contributed by atoms with Gasteiger partial charge in [-0.1, -0.05) is 28.1 Å². The standard InChI is InChI=1S/C14H10BrFN2/c15-11-5-6-12(16)10(7-11)8-18-9-17-13-3-1-2-4-14(13)18/h1-7,9H,8H2. The monoisotopic (exact) mass is 304 g/mol. The molecule has 0 saturated heterocycles. The van der Waals surface area contributed by atoms with Crippen molar-refractivity contribution in [1.29, 1.82) is 0 Å². The molecular formula is C14H10BrFN2. The average molecular weight is 305 g/mol. The van der Waals surface area contributed by atoms with E-state index >= 15 is 0 Å². The van der Waals surface area contributed by atoms with Crippen molar-refractivity contribution in [3.63, 3.8) is 0 Å². The Kier molecular flexibility index (Phi) is 2.88. The van der Waals surface area contributed by atoms with Gasteiger partial charge in [-0.05, 0) is 30.3 Å². The van der Waals surface area contributed by atoms with Gasteiger partial charge < -0.3 is 4.57 Å². The predicted molar refractivity (Wildman–Crippen MR) is 72.9 cm³/mol. The molecule has 0 spiro atoms. The van der Waals surface area contributed by atoms with Crippen LogP contribution < -0.4 is 0 Å². The summed E-state index contributed by atoms with van der Waals surface area (Å²) in [5.74, 6) is -0.198. The van der Waals surface area contributed by atoms with E-state index < -0.39 is 0 Å². The van der Waals surface area contributed by atoms with Crippen LogP contribution in [0.2, 0.25) is 0 Å². The molecule has 0 saturated carbocycles. The largest absolute Gasteiger partial charge is 0.326 e. The van der Waals surface area contributed by atoms with Gasteiger partial charge in [0.05, 0.1) is 23.9 Å². The molecule has 0 fully saturated rings. The molecule has 2 nitrogen and oxygen atoms in total. The molecule has 1 aromatic heterocycles. The number of rotatable bonds is 2. The molecule has 4 heteroatoms. The van der Waals surface area contributed by atoms with E-state index in [0.717, 1.165) is 15.5 Å². The van der Waals surface area contributed by atoms with E-state index in [-0.39, 0.29) is 5.82 Å². The minimum Gasteiger partial charge on any atom is -0.326 e. The fourth-order valence-electron chi connectivity index (χ4n) is 1.98. The fourth-order valence-corrected chi connectivity index (χ4v) is 2.39. The number of halogens is 2. The minimum absolute atomic E-state index is 0.198. The SMILES string of the molecule is Fc1ccc(Br)cc1Cn1cnc2ccccc21. The Hall–Kier alpha value is -1.68. The Labute approximate surface area is 112 Å². The summed E-state index contributed by atoms with van der Waals surface area (Å²) in [5, 5.41) is 0. The first-order valence-electron chi connectivity index (χ1n) is 5.58. The van der Waals surface area contributed by atoms with Crippen molar-refractivity contribution >= 4 is 27.0 Å². The summed E-state index contributed by atoms with van der Waals surface area (Å²) >= 11 is 3.36. The van der Waals surface area contributed by atoms with E-state index in [0.29, 0.717) is 12.1 Å². The molecule has 2 aromatic carbocycles. The highest BCUT2D eigenvalue weighted by Gasteiger charge is 2.06. The third-order valence-corrected chi connectivity index (χ3v) is 3.37. The van der Waals surface area contributed by atoms with Crippen LogP contribution in [-0.2, 0) is 6.54 Å². The van der Waals surface area contributed by atoms with Gasteiger partial charge in [-0.25, -0.2) is 9.37 Å². The average Bonchev–Trinajstić information content (AvgIpc) is 2.78. The number of hydrogen-bond donors (Lipinski definition) is 0. The third-order valence-electron chi connectivity index (χ3n) is 2.88. The minimum atomic E-state index is -0.198. The number of hydrogen-bond acceptors (Lipinski definition) is 1. The normalized spacial score (nSPS) is 11.0. The molecule has 0 unspecified atom stereocenters. The van der Waals surface area contributed by atoms with Crippen molar-refractivity contribution in [1.82, 2.24) is 9.55 Å². The third kappa shape index (κ3) is 2.04. The van der Waals surface area contributed by atoms with Gasteiger partial charge in [0.15, 0.2) is 0 Å². The zero-order valence-electron chi connectivity index (χ0n) is 9.48. The Balaban J connectivity index is 2.04. The highest BCUT2D eigenvalue weighted by molar-refractivity contribution is 9.10. The zero-order valence-corrected chi connectivity index (χ0v) is 11.1. The summed E-state index contributed by atoms with van der Waals surface area (Å²) in [6, 6.07) is 12.8. The van der Waals surface area contributed by atoms with Gasteiger partial charge in [0, 0.05) is 10.0 Å². The van der Waals surface area contributed by atoms with Crippen molar-refractivity contribution in [2.45, 2.75) is 6.54 Å². The number of aromatic nitrogens is 2. The first-order chi connectivity index (χ1) is 8.74. The Morgan fingerprint density at radius 1 is 1.17 bits per heavy atom. The van der Waals surface area contributed by atoms with Gasteiger partial charge in [0.2, 0.25) is 0 Å². The van der Waals surface area contributed by atoms with E-state index in [1.54, 1.807) is 18.5 Å². The second-order valence-electron chi connectivity index (χ2n) is 4.10. The molecule has 1 heterocycles. The Bertz CT molecular complexity index is 706. The highest BCUT2D eigenvalue weighted by Crippen LogP contribution is 2.19. The molecule has 18 heavy (non-hydrogen) atoms. The van der Waals surface area contributed by atoms with Crippen molar-refractivity contribution in [3.8, 4) is 0 Å². The summed E-state index contributed by atoms with van der Waals surface area (Å²) in [5.41, 5.74) is 2.58. The van der Waals surface area contributed by atoms with E-state index in [2.05, 4.69) is 20.9 Å². The van der Waals surface area contributed by atoms with Crippen LogP contribution in [0.1, 0.15) is 5.56 Å². The van der Waals surface area contributed by atoms with Gasteiger partial charge in [-0.15, -0.1) is 0 Å². The second kappa shape index (κ2) is 4.53. The van der Waals surface area contributed by atoms with Crippen molar-refractivity contribution in [3.05, 3.63) is 64.6 Å². The molecule has 0 aliphatic carbocycles. The van der Waals surface area contributed by atoms with E-state index in [1.807, 2.05) is 28.8 Å². The molecule has 0 atom stereocenters. The first-order valence-corrected chi connectivity index (χ1v) is 6.37.